The maximum Gasteiger partial charge on any atom is 0.0445 e. The van der Waals surface area contributed by atoms with Gasteiger partial charge in [0.2, 0.25) is 0 Å². The molecular weight excluding hydrogens is 278 g/mol. The van der Waals surface area contributed by atoms with E-state index in [1.807, 2.05) is 0 Å². The summed E-state index contributed by atoms with van der Waals surface area (Å²) in [5.74, 6) is 1.20. The Labute approximate surface area is 133 Å². The van der Waals surface area contributed by atoms with Gasteiger partial charge >= 0.3 is 0 Å². The van der Waals surface area contributed by atoms with E-state index in [0.717, 1.165) is 31.9 Å². The van der Waals surface area contributed by atoms with Crippen LogP contribution < -0.4 is 10.2 Å². The van der Waals surface area contributed by atoms with Crippen LogP contribution in [0.3, 0.4) is 0 Å². The van der Waals surface area contributed by atoms with Crippen molar-refractivity contribution in [3.05, 3.63) is 23.5 Å². The molecule has 1 aliphatic rings. The van der Waals surface area contributed by atoms with Gasteiger partial charge in [0.15, 0.2) is 0 Å². The number of aromatic nitrogens is 1. The van der Waals surface area contributed by atoms with Gasteiger partial charge < -0.3 is 10.2 Å². The van der Waals surface area contributed by atoms with Gasteiger partial charge in [0.25, 0.3) is 0 Å². The number of rotatable bonds is 5. The summed E-state index contributed by atoms with van der Waals surface area (Å²) in [6, 6.07) is 2.26. The summed E-state index contributed by atoms with van der Waals surface area (Å²) >= 11 is 2.10. The van der Waals surface area contributed by atoms with Crippen LogP contribution in [-0.4, -0.2) is 35.1 Å². The highest BCUT2D eigenvalue weighted by atomic mass is 32.2. The molecule has 0 aliphatic carbocycles. The summed E-state index contributed by atoms with van der Waals surface area (Å²) < 4.78 is 0.400. The number of nitrogens with one attached hydrogen (secondary N) is 1. The van der Waals surface area contributed by atoms with Crippen LogP contribution in [0, 0.1) is 6.92 Å². The fourth-order valence-corrected chi connectivity index (χ4v) is 3.77. The molecule has 0 saturated carbocycles. The first-order valence-electron chi connectivity index (χ1n) is 8.07. The molecule has 1 fully saturated rings. The summed E-state index contributed by atoms with van der Waals surface area (Å²) in [6.45, 7) is 13.3. The van der Waals surface area contributed by atoms with Crippen LogP contribution in [0.5, 0.6) is 0 Å². The molecule has 1 aromatic rings. The number of hydrogen-bond donors (Lipinski definition) is 1. The van der Waals surface area contributed by atoms with E-state index in [4.69, 9.17) is 0 Å². The first-order chi connectivity index (χ1) is 10.0. The molecule has 0 spiro atoms. The summed E-state index contributed by atoms with van der Waals surface area (Å²) in [5, 5.41) is 3.51. The van der Waals surface area contributed by atoms with E-state index in [0.29, 0.717) is 4.75 Å². The summed E-state index contributed by atoms with van der Waals surface area (Å²) in [4.78, 5) is 7.05. The summed E-state index contributed by atoms with van der Waals surface area (Å²) in [6.07, 6.45) is 4.46. The zero-order valence-corrected chi connectivity index (χ0v) is 14.7. The topological polar surface area (TPSA) is 28.2 Å². The van der Waals surface area contributed by atoms with Crippen LogP contribution in [0.25, 0.3) is 0 Å². The molecule has 0 unspecified atom stereocenters. The molecule has 2 heterocycles. The lowest BCUT2D eigenvalue weighted by molar-refractivity contribution is 0.632. The summed E-state index contributed by atoms with van der Waals surface area (Å²) in [7, 11) is 0. The molecule has 21 heavy (non-hydrogen) atoms. The van der Waals surface area contributed by atoms with Crippen molar-refractivity contribution >= 4 is 17.4 Å². The minimum Gasteiger partial charge on any atom is -0.370 e. The molecule has 0 radical (unpaired) electrons. The molecule has 4 heteroatoms. The van der Waals surface area contributed by atoms with Crippen LogP contribution in [-0.2, 0) is 6.54 Å². The molecule has 2 rings (SSSR count). The molecule has 1 aromatic heterocycles. The van der Waals surface area contributed by atoms with E-state index < -0.39 is 0 Å². The second-order valence-corrected chi connectivity index (χ2v) is 8.28. The lowest BCUT2D eigenvalue weighted by atomic mass is 10.1. The van der Waals surface area contributed by atoms with Crippen molar-refractivity contribution in [3.8, 4) is 0 Å². The summed E-state index contributed by atoms with van der Waals surface area (Å²) in [5.41, 5.74) is 3.82. The quantitative estimate of drug-likeness (QED) is 0.841. The van der Waals surface area contributed by atoms with Gasteiger partial charge in [-0.05, 0) is 32.4 Å². The van der Waals surface area contributed by atoms with Crippen LogP contribution in [0.15, 0.2) is 12.3 Å². The Morgan fingerprint density at radius 3 is 2.95 bits per heavy atom. The maximum absolute atomic E-state index is 4.49. The second kappa shape index (κ2) is 7.50. The fraction of sp³-hybridized carbons (Fsp3) is 0.706. The molecule has 3 nitrogen and oxygen atoms in total. The van der Waals surface area contributed by atoms with E-state index in [1.165, 1.54) is 29.8 Å². The average Bonchev–Trinajstić information content (AvgIpc) is 2.61. The molecule has 1 saturated heterocycles. The second-order valence-electron chi connectivity index (χ2n) is 6.48. The highest BCUT2D eigenvalue weighted by Crippen LogP contribution is 2.33. The van der Waals surface area contributed by atoms with E-state index in [-0.39, 0.29) is 0 Å². The highest BCUT2D eigenvalue weighted by Gasteiger charge is 2.24. The van der Waals surface area contributed by atoms with Crippen molar-refractivity contribution in [1.29, 1.82) is 0 Å². The minimum atomic E-state index is 0.400. The lowest BCUT2D eigenvalue weighted by Crippen LogP contribution is -2.29. The molecule has 118 valence electrons. The first kappa shape index (κ1) is 16.6. The monoisotopic (exact) mass is 307 g/mol. The number of nitrogens with zero attached hydrogens (tertiary/aromatic N) is 2. The van der Waals surface area contributed by atoms with Gasteiger partial charge in [0, 0.05) is 53.3 Å². The molecule has 1 aliphatic heterocycles. The Balaban J connectivity index is 2.14. The van der Waals surface area contributed by atoms with E-state index in [1.54, 1.807) is 0 Å². The van der Waals surface area contributed by atoms with Gasteiger partial charge in [0.1, 0.15) is 0 Å². The number of hydrogen-bond acceptors (Lipinski definition) is 4. The Morgan fingerprint density at radius 2 is 2.19 bits per heavy atom. The first-order valence-corrected chi connectivity index (χ1v) is 9.05. The van der Waals surface area contributed by atoms with Crippen LogP contribution >= 0.6 is 11.8 Å². The average molecular weight is 308 g/mol. The van der Waals surface area contributed by atoms with Gasteiger partial charge in [-0.2, -0.15) is 11.8 Å². The molecule has 1 N–H and O–H groups in total. The van der Waals surface area contributed by atoms with Gasteiger partial charge in [0.05, 0.1) is 0 Å². The van der Waals surface area contributed by atoms with Gasteiger partial charge in [-0.1, -0.05) is 20.8 Å². The largest absolute Gasteiger partial charge is 0.370 e. The predicted molar refractivity (Wildman–Crippen MR) is 94.3 cm³/mol. The normalized spacial score (nSPS) is 18.6. The Bertz CT molecular complexity index is 459. The van der Waals surface area contributed by atoms with Crippen molar-refractivity contribution < 1.29 is 0 Å². The zero-order chi connectivity index (χ0) is 15.3. The Morgan fingerprint density at radius 1 is 1.38 bits per heavy atom. The Kier molecular flexibility index (Phi) is 5.94. The smallest absolute Gasteiger partial charge is 0.0445 e. The van der Waals surface area contributed by atoms with Gasteiger partial charge in [-0.15, -0.1) is 0 Å². The van der Waals surface area contributed by atoms with Crippen molar-refractivity contribution in [2.24, 2.45) is 0 Å². The van der Waals surface area contributed by atoms with Crippen LogP contribution in [0.4, 0.5) is 5.69 Å². The molecule has 0 atom stereocenters. The van der Waals surface area contributed by atoms with Crippen molar-refractivity contribution in [3.63, 3.8) is 0 Å². The van der Waals surface area contributed by atoms with Crippen LogP contribution in [0.1, 0.15) is 44.9 Å². The molecule has 0 amide bonds. The van der Waals surface area contributed by atoms with Crippen molar-refractivity contribution in [1.82, 2.24) is 10.3 Å². The van der Waals surface area contributed by atoms with Gasteiger partial charge in [-0.25, -0.2) is 0 Å². The number of pyridine rings is 1. The van der Waals surface area contributed by atoms with Crippen LogP contribution in [0.2, 0.25) is 0 Å². The lowest BCUT2D eigenvalue weighted by Gasteiger charge is -2.26. The highest BCUT2D eigenvalue weighted by molar-refractivity contribution is 8.00. The fourth-order valence-electron chi connectivity index (χ4n) is 2.67. The molecule has 0 aromatic carbocycles. The van der Waals surface area contributed by atoms with Crippen molar-refractivity contribution in [2.45, 2.75) is 51.8 Å². The van der Waals surface area contributed by atoms with Crippen molar-refractivity contribution in [2.75, 3.05) is 30.3 Å². The predicted octanol–water partition coefficient (Wildman–Crippen LogP) is 3.61. The maximum atomic E-state index is 4.49. The molecule has 0 bridgehead atoms. The third-order valence-corrected chi connectivity index (χ3v) is 5.39. The third-order valence-electron chi connectivity index (χ3n) is 4.02. The van der Waals surface area contributed by atoms with E-state index in [2.05, 4.69) is 66.9 Å². The zero-order valence-electron chi connectivity index (χ0n) is 13.9. The van der Waals surface area contributed by atoms with E-state index >= 15 is 0 Å². The number of anilines is 1. The third kappa shape index (κ3) is 4.89. The molecular formula is C17H29N3S. The SMILES string of the molecule is CCCNCc1cnc(C)cc1N1CCSC(C)(C)CC1. The Hall–Kier alpha value is -0.740. The van der Waals surface area contributed by atoms with Gasteiger partial charge in [-0.3, -0.25) is 4.98 Å². The minimum absolute atomic E-state index is 0.400. The number of aryl methyl sites for hydroxylation is 1. The number of thioether (sulfide) groups is 1. The standard InChI is InChI=1S/C17H29N3S/c1-5-7-18-12-15-13-19-14(2)11-16(15)20-8-6-17(3,4)21-10-9-20/h11,13,18H,5-10,12H2,1-4H3. The van der Waals surface area contributed by atoms with E-state index in [9.17, 15) is 0 Å².